The molecule has 3 nitrogen and oxygen atoms in total. The molecule has 1 N–H and O–H groups in total. The Hall–Kier alpha value is -0.580. The smallest absolute Gasteiger partial charge is 0.133 e. The van der Waals surface area contributed by atoms with Crippen LogP contribution in [0.4, 0.5) is 0 Å². The highest BCUT2D eigenvalue weighted by molar-refractivity contribution is 9.10. The SMILES string of the molecule is CNC(CCCC1CCCO1)c1ccc(OC)c(Br)c1. The van der Waals surface area contributed by atoms with Gasteiger partial charge in [0.2, 0.25) is 0 Å². The Morgan fingerprint density at radius 1 is 1.50 bits per heavy atom. The molecule has 1 aliphatic heterocycles. The standard InChI is InChI=1S/C16H24BrNO2/c1-18-15(7-3-5-13-6-4-10-20-13)12-8-9-16(19-2)14(17)11-12/h8-9,11,13,15,18H,3-7,10H2,1-2H3. The normalized spacial score (nSPS) is 20.1. The molecule has 1 fully saturated rings. The van der Waals surface area contributed by atoms with Gasteiger partial charge in [0.05, 0.1) is 17.7 Å². The van der Waals surface area contributed by atoms with Crippen LogP contribution >= 0.6 is 15.9 Å². The van der Waals surface area contributed by atoms with Gasteiger partial charge in [0.1, 0.15) is 5.75 Å². The molecule has 2 unspecified atom stereocenters. The van der Waals surface area contributed by atoms with Crippen LogP contribution in [0.1, 0.15) is 43.7 Å². The first-order valence-electron chi connectivity index (χ1n) is 7.37. The highest BCUT2D eigenvalue weighted by atomic mass is 79.9. The molecule has 0 radical (unpaired) electrons. The minimum atomic E-state index is 0.388. The van der Waals surface area contributed by atoms with Crippen molar-refractivity contribution >= 4 is 15.9 Å². The number of benzene rings is 1. The van der Waals surface area contributed by atoms with Gasteiger partial charge < -0.3 is 14.8 Å². The van der Waals surface area contributed by atoms with Crippen molar-refractivity contribution < 1.29 is 9.47 Å². The summed E-state index contributed by atoms with van der Waals surface area (Å²) in [7, 11) is 3.71. The van der Waals surface area contributed by atoms with E-state index in [9.17, 15) is 0 Å². The fraction of sp³-hybridized carbons (Fsp3) is 0.625. The van der Waals surface area contributed by atoms with E-state index in [1.165, 1.54) is 31.2 Å². The van der Waals surface area contributed by atoms with Crippen molar-refractivity contribution in [2.75, 3.05) is 20.8 Å². The third-order valence-corrected chi connectivity index (χ3v) is 4.59. The maximum Gasteiger partial charge on any atom is 0.133 e. The second-order valence-corrected chi connectivity index (χ2v) is 6.16. The lowest BCUT2D eigenvalue weighted by Crippen LogP contribution is -2.17. The molecule has 0 bridgehead atoms. The fourth-order valence-corrected chi connectivity index (χ4v) is 3.36. The predicted octanol–water partition coefficient (Wildman–Crippen LogP) is 4.07. The number of nitrogens with one attached hydrogen (secondary N) is 1. The summed E-state index contributed by atoms with van der Waals surface area (Å²) in [6, 6.07) is 6.69. The van der Waals surface area contributed by atoms with Gasteiger partial charge in [-0.15, -0.1) is 0 Å². The average molecular weight is 342 g/mol. The van der Waals surface area contributed by atoms with Crippen LogP contribution in [0.3, 0.4) is 0 Å². The highest BCUT2D eigenvalue weighted by Crippen LogP contribution is 2.30. The lowest BCUT2D eigenvalue weighted by atomic mass is 9.99. The molecule has 112 valence electrons. The van der Waals surface area contributed by atoms with Gasteiger partial charge in [0.15, 0.2) is 0 Å². The molecule has 1 saturated heterocycles. The maximum atomic E-state index is 5.68. The summed E-state index contributed by atoms with van der Waals surface area (Å²) in [5, 5.41) is 3.41. The van der Waals surface area contributed by atoms with Crippen LogP contribution in [-0.2, 0) is 4.74 Å². The second-order valence-electron chi connectivity index (χ2n) is 5.30. The van der Waals surface area contributed by atoms with E-state index in [4.69, 9.17) is 9.47 Å². The molecule has 1 heterocycles. The Morgan fingerprint density at radius 2 is 2.35 bits per heavy atom. The van der Waals surface area contributed by atoms with Crippen LogP contribution in [0.25, 0.3) is 0 Å². The van der Waals surface area contributed by atoms with Crippen LogP contribution in [0.2, 0.25) is 0 Å². The first kappa shape index (κ1) is 15.8. The third kappa shape index (κ3) is 4.21. The molecule has 2 atom stereocenters. The third-order valence-electron chi connectivity index (χ3n) is 3.97. The summed E-state index contributed by atoms with van der Waals surface area (Å²) in [6.07, 6.45) is 6.46. The molecule has 20 heavy (non-hydrogen) atoms. The number of hydrogen-bond donors (Lipinski definition) is 1. The van der Waals surface area contributed by atoms with Gasteiger partial charge in [-0.2, -0.15) is 0 Å². The molecule has 0 aliphatic carbocycles. The van der Waals surface area contributed by atoms with Crippen molar-refractivity contribution in [3.05, 3.63) is 28.2 Å². The molecular formula is C16H24BrNO2. The summed E-state index contributed by atoms with van der Waals surface area (Å²) >= 11 is 3.55. The first-order valence-corrected chi connectivity index (χ1v) is 8.16. The zero-order valence-corrected chi connectivity index (χ0v) is 13.9. The minimum Gasteiger partial charge on any atom is -0.496 e. The van der Waals surface area contributed by atoms with Crippen molar-refractivity contribution in [3.63, 3.8) is 0 Å². The zero-order chi connectivity index (χ0) is 14.4. The Balaban J connectivity index is 1.88. The van der Waals surface area contributed by atoms with Crippen LogP contribution in [0.5, 0.6) is 5.75 Å². The summed E-state index contributed by atoms with van der Waals surface area (Å²) < 4.78 is 12.0. The second kappa shape index (κ2) is 8.01. The summed E-state index contributed by atoms with van der Waals surface area (Å²) in [6.45, 7) is 0.950. The molecule has 1 aromatic carbocycles. The monoisotopic (exact) mass is 341 g/mol. The van der Waals surface area contributed by atoms with Crippen molar-refractivity contribution in [3.8, 4) is 5.75 Å². The average Bonchev–Trinajstić information content (AvgIpc) is 2.97. The van der Waals surface area contributed by atoms with Crippen molar-refractivity contribution in [2.45, 2.75) is 44.2 Å². The van der Waals surface area contributed by atoms with Crippen molar-refractivity contribution in [2.24, 2.45) is 0 Å². The predicted molar refractivity (Wildman–Crippen MR) is 85.3 cm³/mol. The van der Waals surface area contributed by atoms with E-state index in [0.29, 0.717) is 12.1 Å². The van der Waals surface area contributed by atoms with Gasteiger partial charge in [-0.25, -0.2) is 0 Å². The van der Waals surface area contributed by atoms with E-state index in [1.807, 2.05) is 13.1 Å². The van der Waals surface area contributed by atoms with E-state index in [0.717, 1.165) is 23.2 Å². The lowest BCUT2D eigenvalue weighted by Gasteiger charge is -2.18. The molecule has 0 amide bonds. The van der Waals surface area contributed by atoms with E-state index in [1.54, 1.807) is 7.11 Å². The van der Waals surface area contributed by atoms with Gasteiger partial charge in [0.25, 0.3) is 0 Å². The maximum absolute atomic E-state index is 5.68. The Labute approximate surface area is 130 Å². The largest absolute Gasteiger partial charge is 0.496 e. The zero-order valence-electron chi connectivity index (χ0n) is 12.3. The van der Waals surface area contributed by atoms with Gasteiger partial charge in [-0.3, -0.25) is 0 Å². The van der Waals surface area contributed by atoms with E-state index in [2.05, 4.69) is 33.4 Å². The van der Waals surface area contributed by atoms with Crippen molar-refractivity contribution in [1.29, 1.82) is 0 Å². The first-order chi connectivity index (χ1) is 9.74. The lowest BCUT2D eigenvalue weighted by molar-refractivity contribution is 0.101. The molecule has 0 saturated carbocycles. The summed E-state index contributed by atoms with van der Waals surface area (Å²) in [5.74, 6) is 0.878. The molecule has 1 aliphatic rings. The molecule has 2 rings (SSSR count). The number of hydrogen-bond acceptors (Lipinski definition) is 3. The Kier molecular flexibility index (Phi) is 6.33. The fourth-order valence-electron chi connectivity index (χ4n) is 2.80. The quantitative estimate of drug-likeness (QED) is 0.810. The Bertz CT molecular complexity index is 419. The van der Waals surface area contributed by atoms with Gasteiger partial charge in [0, 0.05) is 12.6 Å². The summed E-state index contributed by atoms with van der Waals surface area (Å²) in [5.41, 5.74) is 1.30. The number of ether oxygens (including phenoxy) is 2. The molecule has 4 heteroatoms. The van der Waals surface area contributed by atoms with E-state index < -0.39 is 0 Å². The van der Waals surface area contributed by atoms with Crippen LogP contribution in [0, 0.1) is 0 Å². The van der Waals surface area contributed by atoms with Gasteiger partial charge in [-0.05, 0) is 72.8 Å². The van der Waals surface area contributed by atoms with Crippen LogP contribution < -0.4 is 10.1 Å². The van der Waals surface area contributed by atoms with Gasteiger partial charge >= 0.3 is 0 Å². The minimum absolute atomic E-state index is 0.388. The van der Waals surface area contributed by atoms with Crippen LogP contribution in [0.15, 0.2) is 22.7 Å². The molecular weight excluding hydrogens is 318 g/mol. The molecule has 0 aromatic heterocycles. The van der Waals surface area contributed by atoms with E-state index >= 15 is 0 Å². The highest BCUT2D eigenvalue weighted by Gasteiger charge is 2.17. The number of rotatable bonds is 7. The van der Waals surface area contributed by atoms with Gasteiger partial charge in [-0.1, -0.05) is 6.07 Å². The van der Waals surface area contributed by atoms with Crippen LogP contribution in [-0.4, -0.2) is 26.9 Å². The number of methoxy groups -OCH3 is 1. The van der Waals surface area contributed by atoms with E-state index in [-0.39, 0.29) is 0 Å². The molecule has 1 aromatic rings. The Morgan fingerprint density at radius 3 is 2.95 bits per heavy atom. The molecule has 0 spiro atoms. The number of halogens is 1. The van der Waals surface area contributed by atoms with Crippen molar-refractivity contribution in [1.82, 2.24) is 5.32 Å². The summed E-state index contributed by atoms with van der Waals surface area (Å²) in [4.78, 5) is 0. The topological polar surface area (TPSA) is 30.5 Å².